The lowest BCUT2D eigenvalue weighted by Gasteiger charge is -2.56. The van der Waals surface area contributed by atoms with Gasteiger partial charge in [-0.1, -0.05) is 18.2 Å². The van der Waals surface area contributed by atoms with E-state index in [0.29, 0.717) is 11.3 Å². The van der Waals surface area contributed by atoms with Crippen LogP contribution >= 0.6 is 0 Å². The summed E-state index contributed by atoms with van der Waals surface area (Å²) < 4.78 is 11.0. The van der Waals surface area contributed by atoms with Crippen LogP contribution < -0.4 is 10.1 Å². The number of ether oxygens (including phenoxy) is 2. The largest absolute Gasteiger partial charge is 0.457 e. The summed E-state index contributed by atoms with van der Waals surface area (Å²) in [5, 5.41) is 3.05. The number of hydrogen-bond donors (Lipinski definition) is 1. The Morgan fingerprint density at radius 1 is 0.839 bits per heavy atom. The number of para-hydroxylation sites is 1. The molecule has 0 aliphatic heterocycles. The third-order valence-corrected chi connectivity index (χ3v) is 7.23. The van der Waals surface area contributed by atoms with Gasteiger partial charge in [0, 0.05) is 6.54 Å². The zero-order valence-electron chi connectivity index (χ0n) is 17.7. The molecule has 0 unspecified atom stereocenters. The Morgan fingerprint density at radius 3 is 2.03 bits per heavy atom. The van der Waals surface area contributed by atoms with E-state index >= 15 is 0 Å². The fourth-order valence-electron chi connectivity index (χ4n) is 6.34. The molecule has 0 spiro atoms. The molecule has 162 valence electrons. The lowest BCUT2D eigenvalue weighted by atomic mass is 9.49. The van der Waals surface area contributed by atoms with Gasteiger partial charge in [0.1, 0.15) is 11.5 Å². The van der Waals surface area contributed by atoms with Crippen molar-refractivity contribution in [3.05, 3.63) is 60.2 Å². The number of nitrogens with one attached hydrogen (secondary N) is 1. The maximum atomic E-state index is 12.3. The molecule has 0 heterocycles. The van der Waals surface area contributed by atoms with Gasteiger partial charge in [-0.2, -0.15) is 0 Å². The molecule has 31 heavy (non-hydrogen) atoms. The highest BCUT2D eigenvalue weighted by atomic mass is 16.5. The number of esters is 1. The molecule has 4 bridgehead atoms. The average molecular weight is 420 g/mol. The highest BCUT2D eigenvalue weighted by Crippen LogP contribution is 2.59. The van der Waals surface area contributed by atoms with Crippen LogP contribution in [0.5, 0.6) is 11.5 Å². The van der Waals surface area contributed by atoms with Crippen molar-refractivity contribution in [2.24, 2.45) is 23.2 Å². The number of rotatable bonds is 7. The zero-order chi connectivity index (χ0) is 21.3. The van der Waals surface area contributed by atoms with Crippen LogP contribution in [0.3, 0.4) is 0 Å². The summed E-state index contributed by atoms with van der Waals surface area (Å²) in [6.45, 7) is 0.478. The van der Waals surface area contributed by atoms with E-state index in [4.69, 9.17) is 9.47 Å². The second kappa shape index (κ2) is 8.37. The van der Waals surface area contributed by atoms with Crippen molar-refractivity contribution in [1.82, 2.24) is 5.32 Å². The smallest absolute Gasteiger partial charge is 0.338 e. The van der Waals surface area contributed by atoms with Crippen LogP contribution in [0.4, 0.5) is 0 Å². The standard InChI is InChI=1S/C26H29NO4/c28-24(27-17-26-13-18-10-19(14-26)12-20(11-18)15-26)16-30-25(29)21-6-8-23(9-7-21)31-22-4-2-1-3-5-22/h1-9,18-20H,10-17H2,(H,27,28). The van der Waals surface area contributed by atoms with E-state index in [0.717, 1.165) is 30.0 Å². The van der Waals surface area contributed by atoms with Crippen LogP contribution in [0, 0.1) is 23.2 Å². The summed E-state index contributed by atoms with van der Waals surface area (Å²) in [5.74, 6) is 3.22. The molecular weight excluding hydrogens is 390 g/mol. The summed E-state index contributed by atoms with van der Waals surface area (Å²) >= 11 is 0. The maximum Gasteiger partial charge on any atom is 0.338 e. The maximum absolute atomic E-state index is 12.3. The Labute approximate surface area is 183 Å². The van der Waals surface area contributed by atoms with Crippen molar-refractivity contribution < 1.29 is 19.1 Å². The van der Waals surface area contributed by atoms with Crippen LogP contribution in [-0.2, 0) is 9.53 Å². The van der Waals surface area contributed by atoms with E-state index in [1.807, 2.05) is 30.3 Å². The van der Waals surface area contributed by atoms with E-state index in [1.165, 1.54) is 38.5 Å². The van der Waals surface area contributed by atoms with Crippen molar-refractivity contribution >= 4 is 11.9 Å². The molecule has 5 heteroatoms. The third-order valence-electron chi connectivity index (χ3n) is 7.23. The predicted octanol–water partition coefficient (Wildman–Crippen LogP) is 4.97. The minimum atomic E-state index is -0.504. The first-order valence-electron chi connectivity index (χ1n) is 11.3. The molecular formula is C26H29NO4. The molecule has 0 atom stereocenters. The molecule has 4 aliphatic carbocycles. The first-order valence-corrected chi connectivity index (χ1v) is 11.3. The Hall–Kier alpha value is -2.82. The minimum absolute atomic E-state index is 0.215. The molecule has 4 saturated carbocycles. The highest BCUT2D eigenvalue weighted by molar-refractivity contribution is 5.91. The van der Waals surface area contributed by atoms with Crippen molar-refractivity contribution in [2.75, 3.05) is 13.2 Å². The summed E-state index contributed by atoms with van der Waals surface area (Å²) in [5.41, 5.74) is 0.678. The molecule has 4 fully saturated rings. The zero-order valence-corrected chi connectivity index (χ0v) is 17.7. The van der Waals surface area contributed by atoms with Gasteiger partial charge in [-0.05, 0) is 98.1 Å². The van der Waals surface area contributed by atoms with Crippen LogP contribution in [0.2, 0.25) is 0 Å². The molecule has 2 aromatic rings. The molecule has 0 aromatic heterocycles. The van der Waals surface area contributed by atoms with Gasteiger partial charge in [-0.25, -0.2) is 4.79 Å². The number of carbonyl (C=O) groups excluding carboxylic acids is 2. The highest BCUT2D eigenvalue weighted by Gasteiger charge is 2.50. The number of benzene rings is 2. The first-order chi connectivity index (χ1) is 15.1. The minimum Gasteiger partial charge on any atom is -0.457 e. The van der Waals surface area contributed by atoms with Gasteiger partial charge in [0.15, 0.2) is 6.61 Å². The Morgan fingerprint density at radius 2 is 1.42 bits per heavy atom. The molecule has 4 aliphatic rings. The molecule has 5 nitrogen and oxygen atoms in total. The Kier molecular flexibility index (Phi) is 5.43. The van der Waals surface area contributed by atoms with Crippen molar-refractivity contribution in [2.45, 2.75) is 38.5 Å². The number of amides is 1. The molecule has 6 rings (SSSR count). The molecule has 2 aromatic carbocycles. The van der Waals surface area contributed by atoms with Crippen LogP contribution in [-0.4, -0.2) is 25.0 Å². The van der Waals surface area contributed by atoms with E-state index in [9.17, 15) is 9.59 Å². The van der Waals surface area contributed by atoms with Gasteiger partial charge in [0.05, 0.1) is 5.56 Å². The quantitative estimate of drug-likeness (QED) is 0.644. The molecule has 1 N–H and O–H groups in total. The second-order valence-corrected chi connectivity index (χ2v) is 9.71. The summed E-state index contributed by atoms with van der Waals surface area (Å²) in [7, 11) is 0. The number of carbonyl (C=O) groups is 2. The van der Waals surface area contributed by atoms with Gasteiger partial charge >= 0.3 is 5.97 Å². The van der Waals surface area contributed by atoms with Crippen LogP contribution in [0.25, 0.3) is 0 Å². The summed E-state index contributed by atoms with van der Waals surface area (Å²) in [6.07, 6.45) is 7.91. The molecule has 0 saturated heterocycles. The SMILES string of the molecule is O=C(COC(=O)c1ccc(Oc2ccccc2)cc1)NCC12CC3CC(CC(C3)C1)C2. The third kappa shape index (κ3) is 4.60. The second-order valence-electron chi connectivity index (χ2n) is 9.71. The fraction of sp³-hybridized carbons (Fsp3) is 0.462. The summed E-state index contributed by atoms with van der Waals surface area (Å²) in [4.78, 5) is 24.6. The fourth-order valence-corrected chi connectivity index (χ4v) is 6.34. The van der Waals surface area contributed by atoms with Gasteiger partial charge in [-0.15, -0.1) is 0 Å². The lowest BCUT2D eigenvalue weighted by molar-refractivity contribution is -0.126. The lowest BCUT2D eigenvalue weighted by Crippen LogP contribution is -2.51. The van der Waals surface area contributed by atoms with E-state index < -0.39 is 5.97 Å². The van der Waals surface area contributed by atoms with Crippen molar-refractivity contribution in [3.8, 4) is 11.5 Å². The van der Waals surface area contributed by atoms with Gasteiger partial charge in [-0.3, -0.25) is 4.79 Å². The van der Waals surface area contributed by atoms with E-state index in [1.54, 1.807) is 24.3 Å². The predicted molar refractivity (Wildman–Crippen MR) is 117 cm³/mol. The number of hydrogen-bond acceptors (Lipinski definition) is 4. The monoisotopic (exact) mass is 419 g/mol. The molecule has 0 radical (unpaired) electrons. The van der Waals surface area contributed by atoms with E-state index in [2.05, 4.69) is 5.32 Å². The molecule has 1 amide bonds. The van der Waals surface area contributed by atoms with E-state index in [-0.39, 0.29) is 17.9 Å². The summed E-state index contributed by atoms with van der Waals surface area (Å²) in [6, 6.07) is 16.2. The Bertz CT molecular complexity index is 902. The van der Waals surface area contributed by atoms with Crippen LogP contribution in [0.1, 0.15) is 48.9 Å². The van der Waals surface area contributed by atoms with Gasteiger partial charge < -0.3 is 14.8 Å². The van der Waals surface area contributed by atoms with Gasteiger partial charge in [0.25, 0.3) is 5.91 Å². The van der Waals surface area contributed by atoms with Gasteiger partial charge in [0.2, 0.25) is 0 Å². The van der Waals surface area contributed by atoms with Crippen molar-refractivity contribution in [3.63, 3.8) is 0 Å². The Balaban J connectivity index is 1.08. The normalized spacial score (nSPS) is 28.2. The first kappa shape index (κ1) is 20.1. The topological polar surface area (TPSA) is 64.6 Å². The van der Waals surface area contributed by atoms with Crippen LogP contribution in [0.15, 0.2) is 54.6 Å². The van der Waals surface area contributed by atoms with Crippen molar-refractivity contribution in [1.29, 1.82) is 0 Å². The average Bonchev–Trinajstić information content (AvgIpc) is 2.76.